The summed E-state index contributed by atoms with van der Waals surface area (Å²) in [6, 6.07) is 0.620. The van der Waals surface area contributed by atoms with E-state index in [0.717, 1.165) is 39.0 Å². The molecule has 0 aromatic heterocycles. The number of nitrogens with two attached hydrogens (primary N) is 1. The zero-order valence-corrected chi connectivity index (χ0v) is 22.4. The molecule has 5 nitrogen and oxygen atoms in total. The van der Waals surface area contributed by atoms with Gasteiger partial charge in [0.25, 0.3) is 0 Å². The van der Waals surface area contributed by atoms with Crippen LogP contribution in [0.1, 0.15) is 91.4 Å². The van der Waals surface area contributed by atoms with E-state index < -0.39 is 0 Å². The molecule has 4 saturated carbocycles. The number of hydrogen-bond acceptors (Lipinski definition) is 5. The zero-order chi connectivity index (χ0) is 24.3. The molecule has 4 aliphatic carbocycles. The van der Waals surface area contributed by atoms with Crippen LogP contribution in [0.2, 0.25) is 0 Å². The highest BCUT2D eigenvalue weighted by Gasteiger charge is 2.62. The van der Waals surface area contributed by atoms with Crippen molar-refractivity contribution in [3.8, 4) is 0 Å². The Labute approximate surface area is 209 Å². The average Bonchev–Trinajstić information content (AvgIpc) is 3.18. The molecular weight excluding hydrogens is 422 g/mol. The number of hydrogen-bond donors (Lipinski definition) is 5. The summed E-state index contributed by atoms with van der Waals surface area (Å²) in [5.41, 5.74) is 6.27. The van der Waals surface area contributed by atoms with E-state index in [-0.39, 0.29) is 6.10 Å². The van der Waals surface area contributed by atoms with E-state index in [1.165, 1.54) is 57.8 Å². The molecular formula is C29H55N3O2. The Hall–Kier alpha value is -0.200. The summed E-state index contributed by atoms with van der Waals surface area (Å²) < 4.78 is 0. The first kappa shape index (κ1) is 26.9. The van der Waals surface area contributed by atoms with E-state index >= 15 is 0 Å². The summed E-state index contributed by atoms with van der Waals surface area (Å²) in [5.74, 6) is 3.47. The predicted octanol–water partition coefficient (Wildman–Crippen LogP) is 3.92. The van der Waals surface area contributed by atoms with E-state index in [1.54, 1.807) is 0 Å². The Morgan fingerprint density at radius 3 is 2.41 bits per heavy atom. The molecule has 6 N–H and O–H groups in total. The first-order chi connectivity index (χ1) is 16.3. The zero-order valence-electron chi connectivity index (χ0n) is 22.4. The monoisotopic (exact) mass is 477 g/mol. The Kier molecular flexibility index (Phi) is 9.05. The normalized spacial score (nSPS) is 44.8. The molecule has 0 heterocycles. The Morgan fingerprint density at radius 1 is 0.912 bits per heavy atom. The summed E-state index contributed by atoms with van der Waals surface area (Å²) in [7, 11) is 0. The minimum atomic E-state index is -0.132. The van der Waals surface area contributed by atoms with E-state index in [4.69, 9.17) is 5.73 Å². The van der Waals surface area contributed by atoms with Crippen molar-refractivity contribution in [1.29, 1.82) is 0 Å². The van der Waals surface area contributed by atoms with Gasteiger partial charge in [0.15, 0.2) is 0 Å². The second-order valence-corrected chi connectivity index (χ2v) is 13.2. The van der Waals surface area contributed by atoms with Gasteiger partial charge < -0.3 is 26.6 Å². The lowest BCUT2D eigenvalue weighted by molar-refractivity contribution is -0.167. The second-order valence-electron chi connectivity index (χ2n) is 13.2. The maximum atomic E-state index is 11.5. The van der Waals surface area contributed by atoms with Crippen molar-refractivity contribution < 1.29 is 10.2 Å². The SMILES string of the molecule is C[C@H](CO)[C@H]1CC[C@H]2[C@@H]3[C@H](O)C[C@H]4C[C@@H](NCCCNCCCCN)CC[C@]4(C)[C@H]3CC[C@]12C. The number of aliphatic hydroxyl groups is 2. The molecule has 0 bridgehead atoms. The highest BCUT2D eigenvalue weighted by molar-refractivity contribution is 5.12. The molecule has 4 fully saturated rings. The number of unbranched alkanes of at least 4 members (excludes halogenated alkanes) is 1. The fourth-order valence-electron chi connectivity index (χ4n) is 9.55. The molecule has 34 heavy (non-hydrogen) atoms. The van der Waals surface area contributed by atoms with E-state index in [0.29, 0.717) is 59.0 Å². The largest absolute Gasteiger partial charge is 0.396 e. The van der Waals surface area contributed by atoms with Crippen LogP contribution in [0.4, 0.5) is 0 Å². The van der Waals surface area contributed by atoms with Crippen molar-refractivity contribution in [2.45, 2.75) is 104 Å². The van der Waals surface area contributed by atoms with Crippen molar-refractivity contribution >= 4 is 0 Å². The molecule has 4 rings (SSSR count). The van der Waals surface area contributed by atoms with Crippen molar-refractivity contribution in [3.05, 3.63) is 0 Å². The minimum Gasteiger partial charge on any atom is -0.396 e. The van der Waals surface area contributed by atoms with E-state index in [2.05, 4.69) is 31.4 Å². The number of rotatable bonds is 11. The van der Waals surface area contributed by atoms with Gasteiger partial charge in [0, 0.05) is 12.6 Å². The number of aliphatic hydroxyl groups excluding tert-OH is 2. The van der Waals surface area contributed by atoms with Gasteiger partial charge in [0.1, 0.15) is 0 Å². The molecule has 0 aromatic carbocycles. The van der Waals surface area contributed by atoms with Crippen LogP contribution in [0.25, 0.3) is 0 Å². The van der Waals surface area contributed by atoms with Crippen molar-refractivity contribution in [2.24, 2.45) is 52.1 Å². The van der Waals surface area contributed by atoms with Crippen molar-refractivity contribution in [3.63, 3.8) is 0 Å². The first-order valence-corrected chi connectivity index (χ1v) is 14.8. The van der Waals surface area contributed by atoms with Gasteiger partial charge in [-0.05, 0) is 143 Å². The Morgan fingerprint density at radius 2 is 1.65 bits per heavy atom. The molecule has 4 aliphatic rings. The molecule has 0 aliphatic heterocycles. The smallest absolute Gasteiger partial charge is 0.0577 e. The molecule has 10 atom stereocenters. The summed E-state index contributed by atoms with van der Waals surface area (Å²) >= 11 is 0. The molecule has 0 spiro atoms. The summed E-state index contributed by atoms with van der Waals surface area (Å²) in [6.45, 7) is 11.7. The van der Waals surface area contributed by atoms with Crippen LogP contribution >= 0.6 is 0 Å². The lowest BCUT2D eigenvalue weighted by atomic mass is 9.43. The fraction of sp³-hybridized carbons (Fsp3) is 1.00. The van der Waals surface area contributed by atoms with Crippen molar-refractivity contribution in [2.75, 3.05) is 32.8 Å². The third-order valence-electron chi connectivity index (χ3n) is 11.5. The average molecular weight is 478 g/mol. The Balaban J connectivity index is 1.31. The maximum Gasteiger partial charge on any atom is 0.0577 e. The van der Waals surface area contributed by atoms with Crippen molar-refractivity contribution in [1.82, 2.24) is 10.6 Å². The van der Waals surface area contributed by atoms with Gasteiger partial charge >= 0.3 is 0 Å². The summed E-state index contributed by atoms with van der Waals surface area (Å²) in [4.78, 5) is 0. The molecule has 0 saturated heterocycles. The summed E-state index contributed by atoms with van der Waals surface area (Å²) in [6.07, 6.45) is 13.3. The van der Waals surface area contributed by atoms with Crippen LogP contribution < -0.4 is 16.4 Å². The third kappa shape index (κ3) is 5.11. The van der Waals surface area contributed by atoms with Gasteiger partial charge in [0.05, 0.1) is 6.10 Å². The maximum absolute atomic E-state index is 11.5. The number of nitrogens with one attached hydrogen (secondary N) is 2. The van der Waals surface area contributed by atoms with Gasteiger partial charge in [-0.2, -0.15) is 0 Å². The topological polar surface area (TPSA) is 90.5 Å². The lowest BCUT2D eigenvalue weighted by Gasteiger charge is -2.62. The van der Waals surface area contributed by atoms with E-state index in [1.807, 2.05) is 0 Å². The summed E-state index contributed by atoms with van der Waals surface area (Å²) in [5, 5.41) is 28.8. The van der Waals surface area contributed by atoms with Crippen LogP contribution in [0.15, 0.2) is 0 Å². The second kappa shape index (κ2) is 11.5. The van der Waals surface area contributed by atoms with Crippen LogP contribution in [0.3, 0.4) is 0 Å². The van der Waals surface area contributed by atoms with Gasteiger partial charge in [-0.25, -0.2) is 0 Å². The van der Waals surface area contributed by atoms with Gasteiger partial charge in [0.2, 0.25) is 0 Å². The predicted molar refractivity (Wildman–Crippen MR) is 140 cm³/mol. The van der Waals surface area contributed by atoms with Crippen LogP contribution in [0, 0.1) is 46.3 Å². The van der Waals surface area contributed by atoms with E-state index in [9.17, 15) is 10.2 Å². The number of fused-ring (bicyclic) bond motifs is 5. The molecule has 198 valence electrons. The molecule has 0 radical (unpaired) electrons. The van der Waals surface area contributed by atoms with Gasteiger partial charge in [-0.1, -0.05) is 20.8 Å². The molecule has 0 unspecified atom stereocenters. The third-order valence-corrected chi connectivity index (χ3v) is 11.5. The van der Waals surface area contributed by atoms with Crippen LogP contribution in [-0.4, -0.2) is 55.1 Å². The van der Waals surface area contributed by atoms with Gasteiger partial charge in [-0.3, -0.25) is 0 Å². The minimum absolute atomic E-state index is 0.132. The fourth-order valence-corrected chi connectivity index (χ4v) is 9.55. The lowest BCUT2D eigenvalue weighted by Crippen LogP contribution is -2.59. The van der Waals surface area contributed by atoms with Gasteiger partial charge in [-0.15, -0.1) is 0 Å². The Bertz CT molecular complexity index is 647. The molecule has 5 heteroatoms. The van der Waals surface area contributed by atoms with Crippen LogP contribution in [-0.2, 0) is 0 Å². The van der Waals surface area contributed by atoms with Crippen LogP contribution in [0.5, 0.6) is 0 Å². The quantitative estimate of drug-likeness (QED) is 0.291. The highest BCUT2D eigenvalue weighted by atomic mass is 16.3. The molecule has 0 aromatic rings. The molecule has 0 amide bonds. The standard InChI is InChI=1S/C29H55N3O2/c1-20(19-33)23-7-8-24-27-25(10-12-29(23,24)3)28(2)11-9-22(17-21(28)18-26(27)34)32-16-6-15-31-14-5-4-13-30/h20-27,31-34H,4-19,30H2,1-3H3/t20-,21-,22+,23-,24+,25+,26-,27+,28+,29-/m1/s1. The highest BCUT2D eigenvalue weighted by Crippen LogP contribution is 2.68. The first-order valence-electron chi connectivity index (χ1n) is 14.8.